The quantitative estimate of drug-likeness (QED) is 0.400. The van der Waals surface area contributed by atoms with Crippen LogP contribution >= 0.6 is 47.2 Å². The number of carbonyl (C=O) groups is 1. The van der Waals surface area contributed by atoms with E-state index in [-0.39, 0.29) is 24.9 Å². The molecule has 1 aliphatic heterocycles. The fraction of sp³-hybridized carbons (Fsp3) is 0.333. The van der Waals surface area contributed by atoms with Gasteiger partial charge in [0.25, 0.3) is 5.91 Å². The molecule has 2 heterocycles. The molecule has 4 rings (SSSR count). The number of aliphatic hydroxyl groups excluding tert-OH is 1. The minimum Gasteiger partial charge on any atom is -0.397 e. The van der Waals surface area contributed by atoms with E-state index in [0.717, 1.165) is 42.8 Å². The Kier molecular flexibility index (Phi) is 11.2. The summed E-state index contributed by atoms with van der Waals surface area (Å²) in [6.45, 7) is 5.51. The molecule has 1 amide bonds. The van der Waals surface area contributed by atoms with Crippen LogP contribution in [0.1, 0.15) is 42.2 Å². The van der Waals surface area contributed by atoms with E-state index in [1.165, 1.54) is 6.42 Å². The minimum absolute atomic E-state index is 0. The Hall–Kier alpha value is -1.80. The van der Waals surface area contributed by atoms with Crippen molar-refractivity contribution in [3.05, 3.63) is 68.8 Å². The molecular formula is C24H28Cl4N4O2. The van der Waals surface area contributed by atoms with Crippen LogP contribution in [0.3, 0.4) is 0 Å². The average molecular weight is 546 g/mol. The summed E-state index contributed by atoms with van der Waals surface area (Å²) in [6.07, 6.45) is 3.34. The fourth-order valence-electron chi connectivity index (χ4n) is 3.69. The Balaban J connectivity index is 0.000000970. The third-order valence-electron chi connectivity index (χ3n) is 5.21. The molecule has 0 aliphatic carbocycles. The number of nitrogens with one attached hydrogen (secondary N) is 1. The normalized spacial score (nSPS) is 13.5. The minimum atomic E-state index is -0.228. The summed E-state index contributed by atoms with van der Waals surface area (Å²) in [5.74, 6) is -0.228. The highest BCUT2D eigenvalue weighted by atomic mass is 35.5. The highest BCUT2D eigenvalue weighted by Crippen LogP contribution is 2.33. The van der Waals surface area contributed by atoms with Gasteiger partial charge in [-0.2, -0.15) is 5.10 Å². The lowest BCUT2D eigenvalue weighted by molar-refractivity contribution is 0.0743. The van der Waals surface area contributed by atoms with Crippen molar-refractivity contribution in [1.29, 1.82) is 0 Å². The van der Waals surface area contributed by atoms with Crippen LogP contribution in [0, 0.1) is 6.92 Å². The zero-order valence-corrected chi connectivity index (χ0v) is 22.1. The molecule has 1 aliphatic rings. The predicted octanol–water partition coefficient (Wildman–Crippen LogP) is 6.36. The number of hydrazine groups is 1. The second kappa shape index (κ2) is 13.3. The molecule has 0 saturated carbocycles. The number of amides is 1. The molecule has 0 bridgehead atoms. The highest BCUT2D eigenvalue weighted by Gasteiger charge is 2.24. The molecule has 10 heteroatoms. The standard InChI is InChI=1S/C22H21Cl3N4O.C2H6O.ClH/c1-14-20(22(30)27-28-11-3-2-4-12-28)26-29(19-10-9-17(24)13-18(19)25)21(14)15-5-7-16(23)8-6-15;1-2-3;/h5-10,13H,2-4,11-12H2,1H3,(H,27,30);3H,2H2,1H3;1H. The number of aliphatic hydroxyl groups is 1. The topological polar surface area (TPSA) is 70.4 Å². The number of carbonyl (C=O) groups excluding carboxylic acids is 1. The first kappa shape index (κ1) is 28.4. The fourth-order valence-corrected chi connectivity index (χ4v) is 4.30. The number of hydrogen-bond acceptors (Lipinski definition) is 4. The van der Waals surface area contributed by atoms with Crippen molar-refractivity contribution in [1.82, 2.24) is 20.2 Å². The van der Waals surface area contributed by atoms with Crippen molar-refractivity contribution in [2.75, 3.05) is 19.7 Å². The van der Waals surface area contributed by atoms with Crippen molar-refractivity contribution < 1.29 is 9.90 Å². The molecule has 0 atom stereocenters. The van der Waals surface area contributed by atoms with Crippen LogP contribution in [0.25, 0.3) is 16.9 Å². The number of aromatic nitrogens is 2. The average Bonchev–Trinajstić information content (AvgIpc) is 3.12. The largest absolute Gasteiger partial charge is 0.397 e. The molecule has 2 aromatic carbocycles. The number of rotatable bonds is 4. The first-order valence-electron chi connectivity index (χ1n) is 10.8. The van der Waals surface area contributed by atoms with E-state index in [0.29, 0.717) is 26.4 Å². The van der Waals surface area contributed by atoms with E-state index >= 15 is 0 Å². The van der Waals surface area contributed by atoms with Crippen molar-refractivity contribution in [2.24, 2.45) is 0 Å². The maximum atomic E-state index is 13.1. The molecule has 0 spiro atoms. The second-order valence-electron chi connectivity index (χ2n) is 7.64. The molecule has 3 aromatic rings. The smallest absolute Gasteiger partial charge is 0.286 e. The number of halogens is 4. The van der Waals surface area contributed by atoms with E-state index in [1.807, 2.05) is 36.2 Å². The van der Waals surface area contributed by atoms with Crippen molar-refractivity contribution in [3.8, 4) is 16.9 Å². The summed E-state index contributed by atoms with van der Waals surface area (Å²) in [4.78, 5) is 13.1. The van der Waals surface area contributed by atoms with Gasteiger partial charge in [0.1, 0.15) is 0 Å². The second-order valence-corrected chi connectivity index (χ2v) is 8.92. The van der Waals surface area contributed by atoms with E-state index in [9.17, 15) is 4.79 Å². The summed E-state index contributed by atoms with van der Waals surface area (Å²) in [5.41, 5.74) is 6.42. The van der Waals surface area contributed by atoms with Gasteiger partial charge >= 0.3 is 0 Å². The summed E-state index contributed by atoms with van der Waals surface area (Å²) in [7, 11) is 0. The molecule has 184 valence electrons. The first-order valence-corrected chi connectivity index (χ1v) is 12.0. The van der Waals surface area contributed by atoms with Gasteiger partial charge in [-0.1, -0.05) is 53.4 Å². The SMILES string of the molecule is CCO.Cc1c(C(=O)NN2CCCCC2)nn(-c2ccc(Cl)cc2Cl)c1-c1ccc(Cl)cc1.Cl. The van der Waals surface area contributed by atoms with Crippen LogP contribution in [-0.4, -0.2) is 45.5 Å². The number of nitrogens with zero attached hydrogens (tertiary/aromatic N) is 3. The maximum Gasteiger partial charge on any atom is 0.286 e. The van der Waals surface area contributed by atoms with Crippen molar-refractivity contribution in [2.45, 2.75) is 33.1 Å². The molecule has 1 saturated heterocycles. The van der Waals surface area contributed by atoms with Crippen LogP contribution < -0.4 is 5.43 Å². The van der Waals surface area contributed by atoms with Gasteiger partial charge in [-0.05, 0) is 57.0 Å². The van der Waals surface area contributed by atoms with Crippen LogP contribution in [0.5, 0.6) is 0 Å². The van der Waals surface area contributed by atoms with Gasteiger partial charge in [0.2, 0.25) is 0 Å². The van der Waals surface area contributed by atoms with Gasteiger partial charge in [-0.3, -0.25) is 10.2 Å². The van der Waals surface area contributed by atoms with Gasteiger partial charge < -0.3 is 5.11 Å². The molecule has 2 N–H and O–H groups in total. The van der Waals surface area contributed by atoms with E-state index in [4.69, 9.17) is 39.9 Å². The number of piperidine rings is 1. The monoisotopic (exact) mass is 544 g/mol. The van der Waals surface area contributed by atoms with Gasteiger partial charge in [0, 0.05) is 40.9 Å². The van der Waals surface area contributed by atoms with Gasteiger partial charge in [0.05, 0.1) is 16.4 Å². The number of benzene rings is 2. The van der Waals surface area contributed by atoms with Crippen LogP contribution in [0.15, 0.2) is 42.5 Å². The lowest BCUT2D eigenvalue weighted by atomic mass is 10.1. The molecule has 34 heavy (non-hydrogen) atoms. The number of hydrogen-bond donors (Lipinski definition) is 2. The summed E-state index contributed by atoms with van der Waals surface area (Å²) in [5, 5.41) is 15.8. The first-order chi connectivity index (χ1) is 15.8. The zero-order valence-electron chi connectivity index (χ0n) is 19.0. The Morgan fingerprint density at radius 2 is 1.62 bits per heavy atom. The highest BCUT2D eigenvalue weighted by molar-refractivity contribution is 6.35. The lowest BCUT2D eigenvalue weighted by Crippen LogP contribution is -2.45. The molecule has 1 fully saturated rings. The molecule has 0 radical (unpaired) electrons. The van der Waals surface area contributed by atoms with Gasteiger partial charge in [0.15, 0.2) is 5.69 Å². The Morgan fingerprint density at radius 1 is 1.03 bits per heavy atom. The summed E-state index contributed by atoms with van der Waals surface area (Å²) in [6, 6.07) is 12.6. The summed E-state index contributed by atoms with van der Waals surface area (Å²) >= 11 is 18.6. The van der Waals surface area contributed by atoms with E-state index < -0.39 is 0 Å². The molecule has 0 unspecified atom stereocenters. The Morgan fingerprint density at radius 3 is 2.21 bits per heavy atom. The third-order valence-corrected chi connectivity index (χ3v) is 6.00. The summed E-state index contributed by atoms with van der Waals surface area (Å²) < 4.78 is 1.70. The predicted molar refractivity (Wildman–Crippen MR) is 142 cm³/mol. The molecule has 1 aromatic heterocycles. The Bertz CT molecular complexity index is 1100. The maximum absolute atomic E-state index is 13.1. The lowest BCUT2D eigenvalue weighted by Gasteiger charge is -2.26. The zero-order chi connectivity index (χ0) is 24.0. The van der Waals surface area contributed by atoms with Crippen LogP contribution in [0.4, 0.5) is 0 Å². The van der Waals surface area contributed by atoms with Crippen molar-refractivity contribution >= 4 is 53.1 Å². The van der Waals surface area contributed by atoms with Gasteiger partial charge in [-0.25, -0.2) is 9.69 Å². The van der Waals surface area contributed by atoms with Crippen molar-refractivity contribution in [3.63, 3.8) is 0 Å². The molecular weight excluding hydrogens is 518 g/mol. The molecule has 6 nitrogen and oxygen atoms in total. The van der Waals surface area contributed by atoms with E-state index in [1.54, 1.807) is 29.8 Å². The van der Waals surface area contributed by atoms with Crippen LogP contribution in [0.2, 0.25) is 15.1 Å². The van der Waals surface area contributed by atoms with Crippen LogP contribution in [-0.2, 0) is 0 Å². The third kappa shape index (κ3) is 6.87. The van der Waals surface area contributed by atoms with E-state index in [2.05, 4.69) is 10.5 Å². The van der Waals surface area contributed by atoms with Gasteiger partial charge in [-0.15, -0.1) is 12.4 Å². The Labute approximate surface area is 221 Å².